The quantitative estimate of drug-likeness (QED) is 0.683. The van der Waals surface area contributed by atoms with Crippen LogP contribution < -0.4 is 10.1 Å². The lowest BCUT2D eigenvalue weighted by molar-refractivity contribution is -0.127. The number of ether oxygens (including phenoxy) is 1. The van der Waals surface area contributed by atoms with Gasteiger partial charge in [-0.2, -0.15) is 0 Å². The molecule has 7 heteroatoms. The second-order valence-corrected chi connectivity index (χ2v) is 6.77. The first-order valence-corrected chi connectivity index (χ1v) is 9.02. The molecule has 0 saturated heterocycles. The van der Waals surface area contributed by atoms with Gasteiger partial charge in [0.2, 0.25) is 0 Å². The number of hydrogen-bond acceptors (Lipinski definition) is 3. The highest BCUT2D eigenvalue weighted by Crippen LogP contribution is 2.28. The lowest BCUT2D eigenvalue weighted by atomic mass is 10.3. The third-order valence-electron chi connectivity index (χ3n) is 4.05. The number of carbonyl (C=O) groups excluding carboxylic acids is 1. The van der Waals surface area contributed by atoms with E-state index in [2.05, 4.69) is 14.9 Å². The van der Waals surface area contributed by atoms with Crippen LogP contribution in [0.15, 0.2) is 42.5 Å². The zero-order valence-electron chi connectivity index (χ0n) is 14.5. The number of carbonyl (C=O) groups is 1. The van der Waals surface area contributed by atoms with E-state index in [9.17, 15) is 4.79 Å². The molecule has 0 bridgehead atoms. The van der Waals surface area contributed by atoms with Gasteiger partial charge in [0, 0.05) is 18.1 Å². The minimum absolute atomic E-state index is 0.210. The normalized spacial score (nSPS) is 12.2. The number of aryl methyl sites for hydroxylation is 1. The molecule has 5 nitrogen and oxygen atoms in total. The minimum Gasteiger partial charge on any atom is -0.479 e. The number of hydrogen-bond donors (Lipinski definition) is 1. The topological polar surface area (TPSA) is 56.2 Å². The van der Waals surface area contributed by atoms with E-state index >= 15 is 0 Å². The number of aromatic nitrogens is 2. The molecular formula is C19H19Cl2N3O2. The average Bonchev–Trinajstić information content (AvgIpc) is 2.93. The fraction of sp³-hybridized carbons (Fsp3) is 0.263. The Hall–Kier alpha value is -2.24. The van der Waals surface area contributed by atoms with Gasteiger partial charge in [-0.15, -0.1) is 0 Å². The summed E-state index contributed by atoms with van der Waals surface area (Å²) in [4.78, 5) is 16.8. The lowest BCUT2D eigenvalue weighted by Gasteiger charge is -2.16. The van der Waals surface area contributed by atoms with Crippen molar-refractivity contribution in [1.29, 1.82) is 0 Å². The van der Waals surface area contributed by atoms with Gasteiger partial charge in [-0.05, 0) is 44.2 Å². The molecule has 1 N–H and O–H groups in total. The van der Waals surface area contributed by atoms with Gasteiger partial charge in [-0.1, -0.05) is 35.3 Å². The molecule has 0 saturated carbocycles. The van der Waals surface area contributed by atoms with E-state index in [0.29, 0.717) is 28.9 Å². The molecule has 26 heavy (non-hydrogen) atoms. The van der Waals surface area contributed by atoms with Gasteiger partial charge >= 0.3 is 0 Å². The van der Waals surface area contributed by atoms with Gasteiger partial charge in [0.1, 0.15) is 11.6 Å². The highest BCUT2D eigenvalue weighted by Gasteiger charge is 2.16. The van der Waals surface area contributed by atoms with Crippen molar-refractivity contribution in [1.82, 2.24) is 14.9 Å². The van der Waals surface area contributed by atoms with E-state index in [1.54, 1.807) is 25.1 Å². The van der Waals surface area contributed by atoms with Crippen LogP contribution in [0.4, 0.5) is 0 Å². The maximum absolute atomic E-state index is 12.3. The largest absolute Gasteiger partial charge is 0.479 e. The van der Waals surface area contributed by atoms with Crippen molar-refractivity contribution < 1.29 is 9.53 Å². The summed E-state index contributed by atoms with van der Waals surface area (Å²) < 4.78 is 7.70. The van der Waals surface area contributed by atoms with Crippen LogP contribution >= 0.6 is 23.2 Å². The third-order valence-corrected chi connectivity index (χ3v) is 4.58. The molecule has 0 aliphatic carbocycles. The van der Waals surface area contributed by atoms with Crippen molar-refractivity contribution in [2.45, 2.75) is 26.5 Å². The number of nitrogens with zero attached hydrogens (tertiary/aromatic N) is 2. The molecule has 1 atom stereocenters. The fourth-order valence-electron chi connectivity index (χ4n) is 2.73. The number of nitrogens with one attached hydrogen (secondary N) is 1. The van der Waals surface area contributed by atoms with Crippen LogP contribution in [0.25, 0.3) is 11.0 Å². The van der Waals surface area contributed by atoms with Crippen molar-refractivity contribution in [3.8, 4) is 5.75 Å². The Balaban J connectivity index is 1.57. The molecule has 1 amide bonds. The van der Waals surface area contributed by atoms with Gasteiger partial charge in [0.05, 0.1) is 16.1 Å². The van der Waals surface area contributed by atoms with Crippen LogP contribution in [0.5, 0.6) is 5.75 Å². The smallest absolute Gasteiger partial charge is 0.260 e. The maximum atomic E-state index is 12.3. The van der Waals surface area contributed by atoms with Gasteiger partial charge in [-0.25, -0.2) is 4.98 Å². The number of halogens is 2. The van der Waals surface area contributed by atoms with Crippen molar-refractivity contribution in [3.63, 3.8) is 0 Å². The molecule has 0 radical (unpaired) electrons. The molecule has 1 heterocycles. The van der Waals surface area contributed by atoms with E-state index in [1.807, 2.05) is 31.2 Å². The maximum Gasteiger partial charge on any atom is 0.260 e. The lowest BCUT2D eigenvalue weighted by Crippen LogP contribution is -2.38. The van der Waals surface area contributed by atoms with E-state index in [1.165, 1.54) is 0 Å². The van der Waals surface area contributed by atoms with Gasteiger partial charge in [0.25, 0.3) is 5.91 Å². The summed E-state index contributed by atoms with van der Waals surface area (Å²) in [7, 11) is 0. The second-order valence-electron chi connectivity index (χ2n) is 5.93. The summed E-state index contributed by atoms with van der Waals surface area (Å²) in [5.41, 5.74) is 2.00. The van der Waals surface area contributed by atoms with Gasteiger partial charge < -0.3 is 14.6 Å². The van der Waals surface area contributed by atoms with Crippen molar-refractivity contribution in [2.75, 3.05) is 6.54 Å². The molecule has 0 spiro atoms. The first-order chi connectivity index (χ1) is 12.5. The third kappa shape index (κ3) is 4.11. The van der Waals surface area contributed by atoms with Crippen molar-refractivity contribution in [3.05, 3.63) is 58.3 Å². The van der Waals surface area contributed by atoms with Crippen LogP contribution in [-0.4, -0.2) is 28.1 Å². The SMILES string of the molecule is Cc1nc2ccccc2n1CCNC(=O)[C@@H](C)Oc1ccc(Cl)cc1Cl. The Morgan fingerprint density at radius 3 is 2.81 bits per heavy atom. The standard InChI is InChI=1S/C19H19Cl2N3O2/c1-12(26-18-8-7-14(20)11-15(18)21)19(25)22-9-10-24-13(2)23-16-5-3-4-6-17(16)24/h3-8,11-12H,9-10H2,1-2H3,(H,22,25)/t12-/m1/s1. The summed E-state index contributed by atoms with van der Waals surface area (Å²) in [5.74, 6) is 1.13. The predicted octanol–water partition coefficient (Wildman–Crippen LogP) is 4.24. The number of amides is 1. The highest BCUT2D eigenvalue weighted by molar-refractivity contribution is 6.35. The van der Waals surface area contributed by atoms with Crippen molar-refractivity contribution in [2.24, 2.45) is 0 Å². The average molecular weight is 392 g/mol. The molecule has 136 valence electrons. The van der Waals surface area contributed by atoms with Crippen LogP contribution in [0.1, 0.15) is 12.7 Å². The minimum atomic E-state index is -0.672. The predicted molar refractivity (Wildman–Crippen MR) is 104 cm³/mol. The second kappa shape index (κ2) is 7.98. The Bertz CT molecular complexity index is 940. The summed E-state index contributed by atoms with van der Waals surface area (Å²) >= 11 is 11.9. The van der Waals surface area contributed by atoms with Crippen LogP contribution in [0, 0.1) is 6.92 Å². The van der Waals surface area contributed by atoms with E-state index < -0.39 is 6.10 Å². The number of para-hydroxylation sites is 2. The summed E-state index contributed by atoms with van der Waals surface area (Å²) in [6.45, 7) is 4.74. The molecule has 0 aliphatic heterocycles. The van der Waals surface area contributed by atoms with E-state index in [-0.39, 0.29) is 5.91 Å². The molecule has 2 aromatic carbocycles. The molecule has 0 fully saturated rings. The summed E-state index contributed by atoms with van der Waals surface area (Å²) in [5, 5.41) is 3.77. The molecule has 0 unspecified atom stereocenters. The molecule has 0 aliphatic rings. The summed E-state index contributed by atoms with van der Waals surface area (Å²) in [6.07, 6.45) is -0.672. The van der Waals surface area contributed by atoms with Crippen LogP contribution in [0.2, 0.25) is 10.0 Å². The van der Waals surface area contributed by atoms with Crippen molar-refractivity contribution >= 4 is 40.1 Å². The highest BCUT2D eigenvalue weighted by atomic mass is 35.5. The zero-order valence-corrected chi connectivity index (χ0v) is 16.0. The zero-order chi connectivity index (χ0) is 18.7. The number of rotatable bonds is 6. The van der Waals surface area contributed by atoms with Crippen LogP contribution in [0.3, 0.4) is 0 Å². The van der Waals surface area contributed by atoms with E-state index in [0.717, 1.165) is 16.9 Å². The molecule has 1 aromatic heterocycles. The first kappa shape index (κ1) is 18.5. The monoisotopic (exact) mass is 391 g/mol. The number of imidazole rings is 1. The molecule has 3 aromatic rings. The Kier molecular flexibility index (Phi) is 5.69. The Labute approximate surface area is 161 Å². The Morgan fingerprint density at radius 1 is 1.27 bits per heavy atom. The number of fused-ring (bicyclic) bond motifs is 1. The van der Waals surface area contributed by atoms with Crippen LogP contribution in [-0.2, 0) is 11.3 Å². The molecule has 3 rings (SSSR count). The first-order valence-electron chi connectivity index (χ1n) is 8.27. The number of benzene rings is 2. The van der Waals surface area contributed by atoms with Gasteiger partial charge in [-0.3, -0.25) is 4.79 Å². The van der Waals surface area contributed by atoms with E-state index in [4.69, 9.17) is 27.9 Å². The summed E-state index contributed by atoms with van der Waals surface area (Å²) in [6, 6.07) is 12.8. The van der Waals surface area contributed by atoms with Gasteiger partial charge in [0.15, 0.2) is 6.10 Å². The molecular weight excluding hydrogens is 373 g/mol. The fourth-order valence-corrected chi connectivity index (χ4v) is 3.18. The Morgan fingerprint density at radius 2 is 2.04 bits per heavy atom.